The van der Waals surface area contributed by atoms with Crippen molar-refractivity contribution in [2.45, 2.75) is 44.4 Å². The number of hydrogen-bond donors (Lipinski definition) is 1. The van der Waals surface area contributed by atoms with Gasteiger partial charge in [-0.1, -0.05) is 6.92 Å². The lowest BCUT2D eigenvalue weighted by Gasteiger charge is -2.40. The van der Waals surface area contributed by atoms with E-state index < -0.39 is 0 Å². The molecule has 0 aromatic carbocycles. The summed E-state index contributed by atoms with van der Waals surface area (Å²) in [5.74, 6) is 1.64. The van der Waals surface area contributed by atoms with Gasteiger partial charge in [-0.25, -0.2) is 4.98 Å². The van der Waals surface area contributed by atoms with E-state index in [0.717, 1.165) is 38.7 Å². The monoisotopic (exact) mass is 488 g/mol. The summed E-state index contributed by atoms with van der Waals surface area (Å²) >= 11 is 0. The zero-order chi connectivity index (χ0) is 17.9. The van der Waals surface area contributed by atoms with Gasteiger partial charge >= 0.3 is 0 Å². The predicted octanol–water partition coefficient (Wildman–Crippen LogP) is 1.82. The lowest BCUT2D eigenvalue weighted by atomic mass is 9.93. The van der Waals surface area contributed by atoms with E-state index in [9.17, 15) is 0 Å². The molecule has 1 aromatic rings. The molecule has 0 spiro atoms. The highest BCUT2D eigenvalue weighted by Crippen LogP contribution is 2.27. The molecule has 3 aliphatic rings. The van der Waals surface area contributed by atoms with E-state index >= 15 is 0 Å². The van der Waals surface area contributed by atoms with Crippen molar-refractivity contribution in [1.29, 1.82) is 0 Å². The third kappa shape index (κ3) is 4.76. The number of rotatable bonds is 3. The van der Waals surface area contributed by atoms with Crippen LogP contribution in [0.15, 0.2) is 23.7 Å². The van der Waals surface area contributed by atoms with Crippen molar-refractivity contribution in [3.8, 4) is 0 Å². The van der Waals surface area contributed by atoms with Gasteiger partial charge < -0.3 is 19.5 Å². The second-order valence-corrected chi connectivity index (χ2v) is 7.96. The van der Waals surface area contributed by atoms with Gasteiger partial charge in [0.1, 0.15) is 0 Å². The number of morpholine rings is 1. The number of nitrogens with one attached hydrogen (secondary N) is 1. The molecule has 8 heteroatoms. The molecule has 0 aliphatic carbocycles. The third-order valence-electron chi connectivity index (χ3n) is 6.29. The molecule has 152 valence electrons. The van der Waals surface area contributed by atoms with E-state index in [0.29, 0.717) is 18.0 Å². The van der Waals surface area contributed by atoms with E-state index in [1.165, 1.54) is 25.8 Å². The molecule has 4 heterocycles. The predicted molar refractivity (Wildman–Crippen MR) is 118 cm³/mol. The minimum absolute atomic E-state index is 0. The standard InChI is InChI=1S/C19H32N6O.HI/c1-15-5-8-24(12-18(15)25-9-6-21-14-25)19(20-2)22-10-17-11-23-7-3-4-16(23)13-26-17;/h6,9,14-18H,3-5,7-8,10-13H2,1-2H3,(H,20,22);1H. The Labute approximate surface area is 179 Å². The largest absolute Gasteiger partial charge is 0.373 e. The average Bonchev–Trinajstić information content (AvgIpc) is 3.34. The van der Waals surface area contributed by atoms with Gasteiger partial charge in [-0.2, -0.15) is 0 Å². The van der Waals surface area contributed by atoms with Crippen molar-refractivity contribution in [2.75, 3.05) is 46.4 Å². The maximum atomic E-state index is 6.08. The third-order valence-corrected chi connectivity index (χ3v) is 6.29. The van der Waals surface area contributed by atoms with Crippen LogP contribution in [-0.2, 0) is 4.74 Å². The fourth-order valence-corrected chi connectivity index (χ4v) is 4.64. The molecule has 0 saturated carbocycles. The molecule has 27 heavy (non-hydrogen) atoms. The Balaban J connectivity index is 0.00000210. The maximum Gasteiger partial charge on any atom is 0.193 e. The van der Waals surface area contributed by atoms with Crippen LogP contribution in [0.4, 0.5) is 0 Å². The number of nitrogens with zero attached hydrogens (tertiary/aromatic N) is 5. The SMILES string of the molecule is CN=C(NCC1CN2CCCC2CO1)N1CCC(C)C(n2ccnc2)C1.I. The highest BCUT2D eigenvalue weighted by Gasteiger charge is 2.33. The van der Waals surface area contributed by atoms with E-state index in [4.69, 9.17) is 4.74 Å². The van der Waals surface area contributed by atoms with Crippen molar-refractivity contribution < 1.29 is 4.74 Å². The van der Waals surface area contributed by atoms with Gasteiger partial charge in [0.15, 0.2) is 5.96 Å². The van der Waals surface area contributed by atoms with Gasteiger partial charge in [0, 0.05) is 51.7 Å². The number of hydrogen-bond acceptors (Lipinski definition) is 4. The highest BCUT2D eigenvalue weighted by atomic mass is 127. The topological polar surface area (TPSA) is 57.9 Å². The molecule has 1 aromatic heterocycles. The number of aromatic nitrogens is 2. The molecular weight excluding hydrogens is 455 g/mol. The Morgan fingerprint density at radius 2 is 2.19 bits per heavy atom. The molecule has 0 bridgehead atoms. The highest BCUT2D eigenvalue weighted by molar-refractivity contribution is 14.0. The summed E-state index contributed by atoms with van der Waals surface area (Å²) in [4.78, 5) is 13.7. The van der Waals surface area contributed by atoms with Gasteiger partial charge in [0.2, 0.25) is 0 Å². The van der Waals surface area contributed by atoms with Crippen LogP contribution in [0.3, 0.4) is 0 Å². The second-order valence-electron chi connectivity index (χ2n) is 7.96. The lowest BCUT2D eigenvalue weighted by Crippen LogP contribution is -2.53. The minimum atomic E-state index is 0. The first-order chi connectivity index (χ1) is 12.7. The van der Waals surface area contributed by atoms with Gasteiger partial charge in [-0.15, -0.1) is 24.0 Å². The number of likely N-dealkylation sites (tertiary alicyclic amines) is 1. The molecule has 0 amide bonds. The second kappa shape index (κ2) is 9.56. The zero-order valence-electron chi connectivity index (χ0n) is 16.5. The molecule has 4 atom stereocenters. The zero-order valence-corrected chi connectivity index (χ0v) is 18.8. The van der Waals surface area contributed by atoms with Gasteiger partial charge in [0.05, 0.1) is 25.1 Å². The molecule has 4 unspecified atom stereocenters. The average molecular weight is 488 g/mol. The van der Waals surface area contributed by atoms with Crippen LogP contribution in [0.1, 0.15) is 32.2 Å². The van der Waals surface area contributed by atoms with Crippen LogP contribution >= 0.6 is 24.0 Å². The first-order valence-corrected chi connectivity index (χ1v) is 10.0. The van der Waals surface area contributed by atoms with Gasteiger partial charge in [-0.05, 0) is 31.7 Å². The van der Waals surface area contributed by atoms with Crippen LogP contribution in [0.5, 0.6) is 0 Å². The normalized spacial score (nSPS) is 32.1. The van der Waals surface area contributed by atoms with Crippen LogP contribution < -0.4 is 5.32 Å². The van der Waals surface area contributed by atoms with E-state index in [1.807, 2.05) is 19.6 Å². The summed E-state index contributed by atoms with van der Waals surface area (Å²) in [6.07, 6.45) is 9.91. The summed E-state index contributed by atoms with van der Waals surface area (Å²) in [6.45, 7) is 8.34. The first kappa shape index (κ1) is 20.9. The molecule has 7 nitrogen and oxygen atoms in total. The van der Waals surface area contributed by atoms with E-state index in [2.05, 4.69) is 42.8 Å². The summed E-state index contributed by atoms with van der Waals surface area (Å²) in [5, 5.41) is 3.57. The number of piperidine rings is 1. The first-order valence-electron chi connectivity index (χ1n) is 10.0. The van der Waals surface area contributed by atoms with E-state index in [-0.39, 0.29) is 30.1 Å². The Morgan fingerprint density at radius 3 is 2.96 bits per heavy atom. The Hall–Kier alpha value is -0.870. The molecule has 4 rings (SSSR count). The fraction of sp³-hybridized carbons (Fsp3) is 0.789. The van der Waals surface area contributed by atoms with E-state index in [1.54, 1.807) is 0 Å². The van der Waals surface area contributed by atoms with Crippen molar-refractivity contribution in [3.63, 3.8) is 0 Å². The summed E-state index contributed by atoms with van der Waals surface area (Å²) in [5.41, 5.74) is 0. The van der Waals surface area contributed by atoms with Crippen molar-refractivity contribution >= 4 is 29.9 Å². The molecule has 1 N–H and O–H groups in total. The fourth-order valence-electron chi connectivity index (χ4n) is 4.64. The summed E-state index contributed by atoms with van der Waals surface area (Å²) in [6, 6.07) is 1.10. The van der Waals surface area contributed by atoms with Crippen molar-refractivity contribution in [2.24, 2.45) is 10.9 Å². The number of fused-ring (bicyclic) bond motifs is 1. The van der Waals surface area contributed by atoms with Crippen LogP contribution in [0.2, 0.25) is 0 Å². The van der Waals surface area contributed by atoms with Gasteiger partial charge in [0.25, 0.3) is 0 Å². The molecule has 3 saturated heterocycles. The van der Waals surface area contributed by atoms with Crippen LogP contribution in [0, 0.1) is 5.92 Å². The summed E-state index contributed by atoms with van der Waals surface area (Å²) < 4.78 is 8.32. The van der Waals surface area contributed by atoms with Crippen LogP contribution in [-0.4, -0.2) is 83.8 Å². The minimum Gasteiger partial charge on any atom is -0.373 e. The summed E-state index contributed by atoms with van der Waals surface area (Å²) in [7, 11) is 1.88. The number of guanidine groups is 1. The number of aliphatic imine (C=N–C) groups is 1. The lowest BCUT2D eigenvalue weighted by molar-refractivity contribution is -0.0455. The maximum absolute atomic E-state index is 6.08. The molecule has 0 radical (unpaired) electrons. The number of ether oxygens (including phenoxy) is 1. The Bertz CT molecular complexity index is 609. The molecular formula is C19H33IN6O. The Morgan fingerprint density at radius 1 is 1.30 bits per heavy atom. The number of halogens is 1. The quantitative estimate of drug-likeness (QED) is 0.400. The molecule has 3 fully saturated rings. The van der Waals surface area contributed by atoms with Crippen molar-refractivity contribution in [1.82, 2.24) is 24.7 Å². The van der Waals surface area contributed by atoms with Gasteiger partial charge in [-0.3, -0.25) is 9.89 Å². The Kier molecular flexibility index (Phi) is 7.38. The van der Waals surface area contributed by atoms with Crippen LogP contribution in [0.25, 0.3) is 0 Å². The number of imidazole rings is 1. The molecule has 3 aliphatic heterocycles. The van der Waals surface area contributed by atoms with Crippen molar-refractivity contribution in [3.05, 3.63) is 18.7 Å². The smallest absolute Gasteiger partial charge is 0.193 e.